The van der Waals surface area contributed by atoms with Crippen molar-refractivity contribution in [2.45, 2.75) is 18.9 Å². The van der Waals surface area contributed by atoms with E-state index in [1.54, 1.807) is 0 Å². The zero-order valence-corrected chi connectivity index (χ0v) is 12.0. The molecule has 0 fully saturated rings. The topological polar surface area (TPSA) is 29.1 Å². The number of halogens is 1. The number of amides is 1. The molecule has 1 atom stereocenters. The lowest BCUT2D eigenvalue weighted by Gasteiger charge is -2.28. The maximum absolute atomic E-state index is 12.1. The lowest BCUT2D eigenvalue weighted by Crippen LogP contribution is -2.35. The van der Waals surface area contributed by atoms with Gasteiger partial charge in [0.1, 0.15) is 0 Å². The third kappa shape index (κ3) is 2.56. The van der Waals surface area contributed by atoms with Gasteiger partial charge in [0.15, 0.2) is 0 Å². The summed E-state index contributed by atoms with van der Waals surface area (Å²) >= 11 is 3.40. The van der Waals surface area contributed by atoms with Crippen molar-refractivity contribution >= 4 is 21.8 Å². The van der Waals surface area contributed by atoms with Crippen LogP contribution in [0.3, 0.4) is 0 Å². The monoisotopic (exact) mass is 315 g/mol. The first-order valence-electron chi connectivity index (χ1n) is 6.34. The fourth-order valence-electron chi connectivity index (χ4n) is 2.41. The number of hydrogen-bond acceptors (Lipinski definition) is 1. The number of benzene rings is 2. The third-order valence-electron chi connectivity index (χ3n) is 3.55. The quantitative estimate of drug-likeness (QED) is 0.924. The molecule has 1 amide bonds. The molecule has 2 aromatic carbocycles. The van der Waals surface area contributed by atoms with Gasteiger partial charge in [-0.25, -0.2) is 0 Å². The Hall–Kier alpha value is -1.61. The van der Waals surface area contributed by atoms with Crippen molar-refractivity contribution in [3.8, 4) is 0 Å². The summed E-state index contributed by atoms with van der Waals surface area (Å²) in [6.07, 6.45) is 0.863. The van der Waals surface area contributed by atoms with E-state index in [1.807, 2.05) is 42.5 Å². The summed E-state index contributed by atoms with van der Waals surface area (Å²) in [6.45, 7) is 0.588. The SMILES string of the molecule is O=C(NCc1ccc(Br)cc1)C1Cc2ccccc21. The highest BCUT2D eigenvalue weighted by Crippen LogP contribution is 2.34. The maximum atomic E-state index is 12.1. The van der Waals surface area contributed by atoms with E-state index in [4.69, 9.17) is 0 Å². The zero-order valence-electron chi connectivity index (χ0n) is 10.4. The molecule has 19 heavy (non-hydrogen) atoms. The van der Waals surface area contributed by atoms with Gasteiger partial charge in [0.25, 0.3) is 0 Å². The number of carbonyl (C=O) groups is 1. The average Bonchev–Trinajstić information content (AvgIpc) is 2.39. The minimum absolute atomic E-state index is 0.0339. The van der Waals surface area contributed by atoms with Crippen LogP contribution in [-0.2, 0) is 17.8 Å². The normalized spacial score (nSPS) is 16.4. The Kier molecular flexibility index (Phi) is 3.38. The molecule has 3 rings (SSSR count). The summed E-state index contributed by atoms with van der Waals surface area (Å²) in [7, 11) is 0. The smallest absolute Gasteiger partial charge is 0.228 e. The molecule has 1 N–H and O–H groups in total. The van der Waals surface area contributed by atoms with Crippen LogP contribution in [0.25, 0.3) is 0 Å². The van der Waals surface area contributed by atoms with Gasteiger partial charge >= 0.3 is 0 Å². The van der Waals surface area contributed by atoms with Crippen LogP contribution < -0.4 is 5.32 Å². The summed E-state index contributed by atoms with van der Waals surface area (Å²) in [5.41, 5.74) is 3.59. The van der Waals surface area contributed by atoms with Gasteiger partial charge in [-0.2, -0.15) is 0 Å². The Labute approximate surface area is 121 Å². The van der Waals surface area contributed by atoms with Crippen molar-refractivity contribution in [1.29, 1.82) is 0 Å². The van der Waals surface area contributed by atoms with Crippen molar-refractivity contribution in [2.75, 3.05) is 0 Å². The second-order valence-electron chi connectivity index (χ2n) is 4.80. The largest absolute Gasteiger partial charge is 0.351 e. The van der Waals surface area contributed by atoms with Gasteiger partial charge in [-0.1, -0.05) is 52.3 Å². The van der Waals surface area contributed by atoms with E-state index >= 15 is 0 Å². The Bertz CT molecular complexity index is 606. The zero-order chi connectivity index (χ0) is 13.2. The molecule has 0 spiro atoms. The molecule has 0 heterocycles. The second kappa shape index (κ2) is 5.17. The Morgan fingerprint density at radius 3 is 2.63 bits per heavy atom. The number of carbonyl (C=O) groups excluding carboxylic acids is 1. The first-order chi connectivity index (χ1) is 9.24. The molecule has 1 aliphatic carbocycles. The summed E-state index contributed by atoms with van der Waals surface area (Å²) in [6, 6.07) is 16.1. The number of fused-ring (bicyclic) bond motifs is 1. The molecular formula is C16H14BrNO. The predicted molar refractivity (Wildman–Crippen MR) is 78.9 cm³/mol. The molecule has 2 nitrogen and oxygen atoms in total. The average molecular weight is 316 g/mol. The van der Waals surface area contributed by atoms with Gasteiger partial charge in [0.2, 0.25) is 5.91 Å². The highest BCUT2D eigenvalue weighted by Gasteiger charge is 2.31. The van der Waals surface area contributed by atoms with Gasteiger partial charge in [-0.05, 0) is 35.2 Å². The van der Waals surface area contributed by atoms with Crippen molar-refractivity contribution in [3.63, 3.8) is 0 Å². The molecule has 96 valence electrons. The van der Waals surface area contributed by atoms with E-state index in [1.165, 1.54) is 11.1 Å². The summed E-state index contributed by atoms with van der Waals surface area (Å²) < 4.78 is 1.05. The van der Waals surface area contributed by atoms with Crippen LogP contribution in [0.5, 0.6) is 0 Å². The minimum atomic E-state index is 0.0339. The minimum Gasteiger partial charge on any atom is -0.351 e. The number of rotatable bonds is 3. The second-order valence-corrected chi connectivity index (χ2v) is 5.72. The van der Waals surface area contributed by atoms with Gasteiger partial charge in [-0.3, -0.25) is 4.79 Å². The first-order valence-corrected chi connectivity index (χ1v) is 7.13. The van der Waals surface area contributed by atoms with Crippen LogP contribution in [-0.4, -0.2) is 5.91 Å². The van der Waals surface area contributed by atoms with Gasteiger partial charge in [0.05, 0.1) is 5.92 Å². The lowest BCUT2D eigenvalue weighted by atomic mass is 9.77. The number of hydrogen-bond donors (Lipinski definition) is 1. The molecule has 3 heteroatoms. The van der Waals surface area contributed by atoms with Crippen LogP contribution in [0.4, 0.5) is 0 Å². The van der Waals surface area contributed by atoms with E-state index in [9.17, 15) is 4.79 Å². The van der Waals surface area contributed by atoms with Gasteiger partial charge < -0.3 is 5.32 Å². The van der Waals surface area contributed by atoms with Gasteiger partial charge in [0, 0.05) is 11.0 Å². The third-order valence-corrected chi connectivity index (χ3v) is 4.08. The highest BCUT2D eigenvalue weighted by molar-refractivity contribution is 9.10. The molecule has 0 bridgehead atoms. The molecule has 1 unspecified atom stereocenters. The summed E-state index contributed by atoms with van der Waals surface area (Å²) in [5, 5.41) is 3.01. The predicted octanol–water partition coefficient (Wildman–Crippen LogP) is 3.41. The van der Waals surface area contributed by atoms with Crippen LogP contribution in [0.1, 0.15) is 22.6 Å². The molecule has 0 saturated heterocycles. The summed E-state index contributed by atoms with van der Waals surface area (Å²) in [4.78, 5) is 12.1. The Morgan fingerprint density at radius 1 is 1.16 bits per heavy atom. The van der Waals surface area contributed by atoms with E-state index in [0.717, 1.165) is 16.5 Å². The molecular weight excluding hydrogens is 302 g/mol. The fraction of sp³-hybridized carbons (Fsp3) is 0.188. The van der Waals surface area contributed by atoms with E-state index in [2.05, 4.69) is 27.3 Å². The van der Waals surface area contributed by atoms with Crippen LogP contribution in [0, 0.1) is 0 Å². The van der Waals surface area contributed by atoms with Crippen LogP contribution >= 0.6 is 15.9 Å². The molecule has 0 saturated carbocycles. The summed E-state index contributed by atoms with van der Waals surface area (Å²) in [5.74, 6) is 0.160. The highest BCUT2D eigenvalue weighted by atomic mass is 79.9. The molecule has 0 aromatic heterocycles. The van der Waals surface area contributed by atoms with E-state index in [0.29, 0.717) is 6.54 Å². The lowest BCUT2D eigenvalue weighted by molar-refractivity contribution is -0.123. The Balaban J connectivity index is 1.60. The van der Waals surface area contributed by atoms with Gasteiger partial charge in [-0.15, -0.1) is 0 Å². The number of nitrogens with one attached hydrogen (secondary N) is 1. The fourth-order valence-corrected chi connectivity index (χ4v) is 2.67. The molecule has 2 aromatic rings. The van der Waals surface area contributed by atoms with Crippen molar-refractivity contribution < 1.29 is 4.79 Å². The Morgan fingerprint density at radius 2 is 1.89 bits per heavy atom. The van der Waals surface area contributed by atoms with Crippen molar-refractivity contribution in [2.24, 2.45) is 0 Å². The van der Waals surface area contributed by atoms with Crippen LogP contribution in [0.2, 0.25) is 0 Å². The standard InChI is InChI=1S/C16H14BrNO/c17-13-7-5-11(6-8-13)10-18-16(19)15-9-12-3-1-2-4-14(12)15/h1-8,15H,9-10H2,(H,18,19). The molecule has 1 aliphatic rings. The van der Waals surface area contributed by atoms with Crippen LogP contribution in [0.15, 0.2) is 53.0 Å². The molecule has 0 aliphatic heterocycles. The first kappa shape index (κ1) is 12.4. The van der Waals surface area contributed by atoms with E-state index < -0.39 is 0 Å². The van der Waals surface area contributed by atoms with E-state index in [-0.39, 0.29) is 11.8 Å². The molecule has 0 radical (unpaired) electrons. The van der Waals surface area contributed by atoms with Crippen molar-refractivity contribution in [3.05, 3.63) is 69.7 Å². The van der Waals surface area contributed by atoms with Crippen molar-refractivity contribution in [1.82, 2.24) is 5.32 Å². The maximum Gasteiger partial charge on any atom is 0.228 e.